The molecule has 1 fully saturated rings. The van der Waals surface area contributed by atoms with E-state index < -0.39 is 0 Å². The summed E-state index contributed by atoms with van der Waals surface area (Å²) in [5.41, 5.74) is 4.71. The number of methoxy groups -OCH3 is 1. The largest absolute Gasteiger partial charge is 0.496 e. The van der Waals surface area contributed by atoms with Gasteiger partial charge in [-0.25, -0.2) is 4.98 Å². The van der Waals surface area contributed by atoms with Crippen molar-refractivity contribution in [1.29, 1.82) is 0 Å². The fourth-order valence-electron chi connectivity index (χ4n) is 3.51. The monoisotopic (exact) mass is 386 g/mol. The zero-order valence-electron chi connectivity index (χ0n) is 17.7. The van der Waals surface area contributed by atoms with Crippen LogP contribution in [0.15, 0.2) is 17.5 Å². The van der Waals surface area contributed by atoms with Crippen LogP contribution in [0.4, 0.5) is 0 Å². The number of hydrogen-bond donors (Lipinski definition) is 0. The molecule has 0 N–H and O–H groups in total. The van der Waals surface area contributed by atoms with Gasteiger partial charge in [0.2, 0.25) is 0 Å². The van der Waals surface area contributed by atoms with E-state index in [9.17, 15) is 0 Å². The molecule has 1 aromatic carbocycles. The molecule has 1 aliphatic rings. The molecule has 0 unspecified atom stereocenters. The second kappa shape index (κ2) is 7.56. The molecule has 147 valence electrons. The molecule has 0 saturated carbocycles. The van der Waals surface area contributed by atoms with Gasteiger partial charge in [-0.3, -0.25) is 0 Å². The van der Waals surface area contributed by atoms with Crippen molar-refractivity contribution in [1.82, 2.24) is 4.98 Å². The first-order valence-electron chi connectivity index (χ1n) is 9.73. The van der Waals surface area contributed by atoms with Gasteiger partial charge in [0, 0.05) is 41.2 Å². The summed E-state index contributed by atoms with van der Waals surface area (Å²) in [7, 11) is 1.78. The van der Waals surface area contributed by atoms with Gasteiger partial charge in [0.05, 0.1) is 12.8 Å². The first-order valence-corrected chi connectivity index (χ1v) is 10.6. The van der Waals surface area contributed by atoms with Crippen molar-refractivity contribution in [3.8, 4) is 17.0 Å². The summed E-state index contributed by atoms with van der Waals surface area (Å²) >= 11 is 1.75. The standard InChI is InChI=1S/C23H32NO2S/c1-22(2,3)17-12-16(13-18(20(17)25-7)23(4,5)6)19-14-27-21(24-19)15-8-10-26-11-9-15/h12-14H,8-11H2,1-7H3. The SMILES string of the molecule is COc1c(C(C)(C)C)cc(-c2csc([C]3CCOCC3)n2)cc1C(C)(C)C. The minimum absolute atomic E-state index is 0.00430. The van der Waals surface area contributed by atoms with Gasteiger partial charge in [-0.2, -0.15) is 0 Å². The molecule has 0 aliphatic carbocycles. The number of hydrogen-bond acceptors (Lipinski definition) is 4. The predicted octanol–water partition coefficient (Wildman–Crippen LogP) is 6.15. The second-order valence-electron chi connectivity index (χ2n) is 9.36. The molecule has 0 atom stereocenters. The average Bonchev–Trinajstić information content (AvgIpc) is 3.10. The van der Waals surface area contributed by atoms with Crippen LogP contribution in [0.3, 0.4) is 0 Å². The topological polar surface area (TPSA) is 31.4 Å². The molecule has 3 rings (SSSR count). The highest BCUT2D eigenvalue weighted by atomic mass is 32.1. The number of thiazole rings is 1. The fraction of sp³-hybridized carbons (Fsp3) is 0.565. The highest BCUT2D eigenvalue weighted by molar-refractivity contribution is 7.10. The van der Waals surface area contributed by atoms with Gasteiger partial charge >= 0.3 is 0 Å². The summed E-state index contributed by atoms with van der Waals surface area (Å²) in [6.45, 7) is 15.1. The number of nitrogens with zero attached hydrogens (tertiary/aromatic N) is 1. The maximum absolute atomic E-state index is 5.88. The van der Waals surface area contributed by atoms with Crippen molar-refractivity contribution in [2.75, 3.05) is 20.3 Å². The van der Waals surface area contributed by atoms with Crippen LogP contribution in [0.1, 0.15) is 70.5 Å². The number of ether oxygens (including phenoxy) is 2. The summed E-state index contributed by atoms with van der Waals surface area (Å²) in [6.07, 6.45) is 1.99. The Hall–Kier alpha value is -1.39. The Balaban J connectivity index is 2.09. The predicted molar refractivity (Wildman–Crippen MR) is 114 cm³/mol. The molecule has 4 heteroatoms. The van der Waals surface area contributed by atoms with Gasteiger partial charge in [-0.15, -0.1) is 11.3 Å². The zero-order valence-corrected chi connectivity index (χ0v) is 18.5. The highest BCUT2D eigenvalue weighted by Crippen LogP contribution is 2.43. The normalized spacial score (nSPS) is 16.6. The fourth-order valence-corrected chi connectivity index (χ4v) is 4.45. The minimum atomic E-state index is -0.00430. The molecular formula is C23H32NO2S. The Morgan fingerprint density at radius 2 is 1.52 bits per heavy atom. The van der Waals surface area contributed by atoms with Gasteiger partial charge in [0.1, 0.15) is 10.8 Å². The lowest BCUT2D eigenvalue weighted by Crippen LogP contribution is -2.19. The molecule has 1 aromatic heterocycles. The quantitative estimate of drug-likeness (QED) is 0.634. The smallest absolute Gasteiger partial charge is 0.126 e. The molecule has 0 amide bonds. The number of benzene rings is 1. The van der Waals surface area contributed by atoms with E-state index in [0.29, 0.717) is 0 Å². The van der Waals surface area contributed by atoms with E-state index in [0.717, 1.165) is 37.5 Å². The summed E-state index contributed by atoms with van der Waals surface area (Å²) in [6, 6.07) is 4.53. The van der Waals surface area contributed by atoms with E-state index in [-0.39, 0.29) is 10.8 Å². The van der Waals surface area contributed by atoms with Crippen LogP contribution in [0.2, 0.25) is 0 Å². The lowest BCUT2D eigenvalue weighted by atomic mass is 9.78. The first-order chi connectivity index (χ1) is 12.6. The van der Waals surface area contributed by atoms with Crippen molar-refractivity contribution in [2.24, 2.45) is 0 Å². The number of rotatable bonds is 3. The van der Waals surface area contributed by atoms with Crippen molar-refractivity contribution in [2.45, 2.75) is 65.2 Å². The van der Waals surface area contributed by atoms with Gasteiger partial charge in [-0.1, -0.05) is 41.5 Å². The third-order valence-corrected chi connectivity index (χ3v) is 6.05. The second-order valence-corrected chi connectivity index (χ2v) is 10.2. The Morgan fingerprint density at radius 3 is 2.00 bits per heavy atom. The maximum Gasteiger partial charge on any atom is 0.126 e. The number of aromatic nitrogens is 1. The van der Waals surface area contributed by atoms with Crippen LogP contribution in [-0.2, 0) is 15.6 Å². The molecule has 1 aliphatic heterocycles. The molecule has 3 nitrogen and oxygen atoms in total. The van der Waals surface area contributed by atoms with Gasteiger partial charge < -0.3 is 9.47 Å². The van der Waals surface area contributed by atoms with Gasteiger partial charge in [-0.05, 0) is 35.8 Å². The van der Waals surface area contributed by atoms with Crippen LogP contribution >= 0.6 is 11.3 Å². The first kappa shape index (κ1) is 20.3. The Labute approximate surface area is 168 Å². The van der Waals surface area contributed by atoms with Crippen LogP contribution in [0.25, 0.3) is 11.3 Å². The zero-order chi connectivity index (χ0) is 19.8. The lowest BCUT2D eigenvalue weighted by Gasteiger charge is -2.29. The van der Waals surface area contributed by atoms with E-state index in [2.05, 4.69) is 59.1 Å². The van der Waals surface area contributed by atoms with E-state index in [4.69, 9.17) is 14.5 Å². The molecule has 2 heterocycles. The van der Waals surface area contributed by atoms with E-state index in [1.807, 2.05) is 0 Å². The summed E-state index contributed by atoms with van der Waals surface area (Å²) in [5.74, 6) is 2.44. The van der Waals surface area contributed by atoms with Crippen molar-refractivity contribution >= 4 is 11.3 Å². The third kappa shape index (κ3) is 4.38. The van der Waals surface area contributed by atoms with Gasteiger partial charge in [0.15, 0.2) is 0 Å². The molecule has 1 saturated heterocycles. The molecule has 27 heavy (non-hydrogen) atoms. The maximum atomic E-state index is 5.88. The Morgan fingerprint density at radius 1 is 0.963 bits per heavy atom. The van der Waals surface area contributed by atoms with E-state index in [1.165, 1.54) is 27.6 Å². The van der Waals surface area contributed by atoms with Crippen LogP contribution < -0.4 is 4.74 Å². The lowest BCUT2D eigenvalue weighted by molar-refractivity contribution is 0.109. The van der Waals surface area contributed by atoms with Crippen molar-refractivity contribution in [3.63, 3.8) is 0 Å². The highest BCUT2D eigenvalue weighted by Gasteiger charge is 2.28. The summed E-state index contributed by atoms with van der Waals surface area (Å²) in [5, 5.41) is 3.36. The summed E-state index contributed by atoms with van der Waals surface area (Å²) < 4.78 is 11.4. The van der Waals surface area contributed by atoms with E-state index >= 15 is 0 Å². The summed E-state index contributed by atoms with van der Waals surface area (Å²) in [4.78, 5) is 4.99. The molecule has 0 bridgehead atoms. The molecule has 0 spiro atoms. The molecule has 1 radical (unpaired) electrons. The van der Waals surface area contributed by atoms with Crippen LogP contribution in [-0.4, -0.2) is 25.3 Å². The molecule has 2 aromatic rings. The van der Waals surface area contributed by atoms with Crippen LogP contribution in [0, 0.1) is 5.92 Å². The molecular weight excluding hydrogens is 354 g/mol. The minimum Gasteiger partial charge on any atom is -0.496 e. The van der Waals surface area contributed by atoms with Gasteiger partial charge in [0.25, 0.3) is 0 Å². The van der Waals surface area contributed by atoms with Crippen molar-refractivity contribution < 1.29 is 9.47 Å². The van der Waals surface area contributed by atoms with Crippen LogP contribution in [0.5, 0.6) is 5.75 Å². The Bertz CT molecular complexity index is 754. The average molecular weight is 387 g/mol. The van der Waals surface area contributed by atoms with Crippen molar-refractivity contribution in [3.05, 3.63) is 39.6 Å². The Kier molecular flexibility index (Phi) is 5.69. The third-order valence-electron chi connectivity index (χ3n) is 5.11. The van der Waals surface area contributed by atoms with E-state index in [1.54, 1.807) is 18.4 Å².